The van der Waals surface area contributed by atoms with Gasteiger partial charge in [0.1, 0.15) is 0 Å². The van der Waals surface area contributed by atoms with Crippen LogP contribution in [0.3, 0.4) is 0 Å². The summed E-state index contributed by atoms with van der Waals surface area (Å²) < 4.78 is 0. The van der Waals surface area contributed by atoms with E-state index in [-0.39, 0.29) is 12.3 Å². The maximum Gasteiger partial charge on any atom is 0.238 e. The molecule has 5 N–H and O–H groups in total. The summed E-state index contributed by atoms with van der Waals surface area (Å²) in [7, 11) is 0. The van der Waals surface area contributed by atoms with Gasteiger partial charge in [-0.1, -0.05) is 24.3 Å². The van der Waals surface area contributed by atoms with Crippen molar-refractivity contribution in [3.63, 3.8) is 0 Å². The van der Waals surface area contributed by atoms with E-state index < -0.39 is 12.2 Å². The number of carbonyl (C=O) groups excluding carboxylic acids is 1. The SMILES string of the molecule is NNC(=O)Cc1ccccc1CN1CC(O)C(O)C1. The number of carbonyl (C=O) groups is 1. The summed E-state index contributed by atoms with van der Waals surface area (Å²) in [6.45, 7) is 1.49. The van der Waals surface area contributed by atoms with Gasteiger partial charge >= 0.3 is 0 Å². The average Bonchev–Trinajstić information content (AvgIpc) is 2.70. The molecule has 2 unspecified atom stereocenters. The van der Waals surface area contributed by atoms with E-state index in [1.54, 1.807) is 0 Å². The molecule has 1 heterocycles. The summed E-state index contributed by atoms with van der Waals surface area (Å²) in [6.07, 6.45) is -1.16. The van der Waals surface area contributed by atoms with Gasteiger partial charge in [0.2, 0.25) is 5.91 Å². The third-order valence-corrected chi connectivity index (χ3v) is 3.36. The lowest BCUT2D eigenvalue weighted by molar-refractivity contribution is -0.120. The Morgan fingerprint density at radius 1 is 1.26 bits per heavy atom. The van der Waals surface area contributed by atoms with Gasteiger partial charge in [-0.15, -0.1) is 0 Å². The second kappa shape index (κ2) is 6.12. The van der Waals surface area contributed by atoms with Crippen LogP contribution in [0.2, 0.25) is 0 Å². The molecule has 0 radical (unpaired) electrons. The van der Waals surface area contributed by atoms with E-state index in [1.807, 2.05) is 29.2 Å². The number of nitrogens with two attached hydrogens (primary N) is 1. The number of β-amino-alcohol motifs (C(OH)–C–C–N with tert-alkyl or cyclic N) is 2. The number of hydrazine groups is 1. The lowest BCUT2D eigenvalue weighted by Crippen LogP contribution is -2.32. The minimum atomic E-state index is -0.695. The molecular formula is C13H19N3O3. The minimum absolute atomic E-state index is 0.228. The first-order chi connectivity index (χ1) is 9.10. The molecule has 6 nitrogen and oxygen atoms in total. The van der Waals surface area contributed by atoms with Gasteiger partial charge in [-0.3, -0.25) is 15.1 Å². The van der Waals surface area contributed by atoms with Crippen molar-refractivity contribution in [2.45, 2.75) is 25.2 Å². The molecule has 0 aromatic heterocycles. The Labute approximate surface area is 111 Å². The zero-order valence-corrected chi connectivity index (χ0v) is 10.6. The predicted molar refractivity (Wildman–Crippen MR) is 69.8 cm³/mol. The summed E-state index contributed by atoms with van der Waals surface area (Å²) in [5, 5.41) is 19.1. The normalized spacial score (nSPS) is 23.5. The number of benzene rings is 1. The van der Waals surface area contributed by atoms with Crippen molar-refractivity contribution in [1.82, 2.24) is 10.3 Å². The summed E-state index contributed by atoms with van der Waals surface area (Å²) >= 11 is 0. The van der Waals surface area contributed by atoms with Crippen molar-refractivity contribution in [2.75, 3.05) is 13.1 Å². The van der Waals surface area contributed by atoms with Gasteiger partial charge < -0.3 is 10.2 Å². The molecule has 0 bridgehead atoms. The second-order valence-electron chi connectivity index (χ2n) is 4.84. The van der Waals surface area contributed by atoms with E-state index in [2.05, 4.69) is 5.43 Å². The second-order valence-corrected chi connectivity index (χ2v) is 4.84. The summed E-state index contributed by atoms with van der Waals surface area (Å²) in [5.41, 5.74) is 4.03. The lowest BCUT2D eigenvalue weighted by Gasteiger charge is -2.17. The van der Waals surface area contributed by atoms with Crippen molar-refractivity contribution in [3.8, 4) is 0 Å². The smallest absolute Gasteiger partial charge is 0.238 e. The predicted octanol–water partition coefficient (Wildman–Crippen LogP) is -1.24. The Morgan fingerprint density at radius 3 is 2.42 bits per heavy atom. The van der Waals surface area contributed by atoms with Crippen LogP contribution >= 0.6 is 0 Å². The Bertz CT molecular complexity index is 443. The number of nitrogens with one attached hydrogen (secondary N) is 1. The van der Waals surface area contributed by atoms with E-state index in [0.717, 1.165) is 11.1 Å². The van der Waals surface area contributed by atoms with E-state index in [1.165, 1.54) is 0 Å². The maximum absolute atomic E-state index is 11.3. The van der Waals surface area contributed by atoms with Crippen LogP contribution in [-0.2, 0) is 17.8 Å². The van der Waals surface area contributed by atoms with Gasteiger partial charge in [-0.25, -0.2) is 5.84 Å². The highest BCUT2D eigenvalue weighted by Crippen LogP contribution is 2.17. The first kappa shape index (κ1) is 14.0. The molecule has 1 aliphatic rings. The fourth-order valence-corrected chi connectivity index (χ4v) is 2.33. The molecule has 2 atom stereocenters. The van der Waals surface area contributed by atoms with E-state index in [9.17, 15) is 15.0 Å². The van der Waals surface area contributed by atoms with Crippen LogP contribution in [0, 0.1) is 0 Å². The van der Waals surface area contributed by atoms with Gasteiger partial charge in [0, 0.05) is 19.6 Å². The van der Waals surface area contributed by atoms with Crippen LogP contribution in [0.4, 0.5) is 0 Å². The highest BCUT2D eigenvalue weighted by molar-refractivity contribution is 5.78. The highest BCUT2D eigenvalue weighted by Gasteiger charge is 2.29. The summed E-state index contributed by atoms with van der Waals surface area (Å²) in [4.78, 5) is 13.3. The first-order valence-corrected chi connectivity index (χ1v) is 6.25. The number of aliphatic hydroxyl groups excluding tert-OH is 2. The Balaban J connectivity index is 2.06. The molecule has 0 saturated carbocycles. The van der Waals surface area contributed by atoms with Crippen LogP contribution < -0.4 is 11.3 Å². The number of nitrogens with zero attached hydrogens (tertiary/aromatic N) is 1. The van der Waals surface area contributed by atoms with Crippen molar-refractivity contribution >= 4 is 5.91 Å². The van der Waals surface area contributed by atoms with E-state index >= 15 is 0 Å². The molecule has 104 valence electrons. The van der Waals surface area contributed by atoms with Gasteiger partial charge in [-0.2, -0.15) is 0 Å². The van der Waals surface area contributed by atoms with Gasteiger partial charge in [-0.05, 0) is 11.1 Å². The van der Waals surface area contributed by atoms with Crippen LogP contribution in [0.5, 0.6) is 0 Å². The molecule has 1 aromatic carbocycles. The Morgan fingerprint density at radius 2 is 1.84 bits per heavy atom. The zero-order valence-electron chi connectivity index (χ0n) is 10.6. The molecule has 0 aliphatic carbocycles. The molecule has 2 rings (SSSR count). The third kappa shape index (κ3) is 3.51. The van der Waals surface area contributed by atoms with Gasteiger partial charge in [0.25, 0.3) is 0 Å². The Hall–Kier alpha value is -1.47. The van der Waals surface area contributed by atoms with Crippen molar-refractivity contribution in [3.05, 3.63) is 35.4 Å². The zero-order chi connectivity index (χ0) is 13.8. The van der Waals surface area contributed by atoms with Crippen molar-refractivity contribution in [2.24, 2.45) is 5.84 Å². The molecule has 1 aliphatic heterocycles. The summed E-state index contributed by atoms with van der Waals surface area (Å²) in [6, 6.07) is 7.60. The largest absolute Gasteiger partial charge is 0.389 e. The number of likely N-dealkylation sites (tertiary alicyclic amines) is 1. The fourth-order valence-electron chi connectivity index (χ4n) is 2.33. The third-order valence-electron chi connectivity index (χ3n) is 3.36. The highest BCUT2D eigenvalue weighted by atomic mass is 16.3. The molecule has 1 fully saturated rings. The number of rotatable bonds is 4. The number of aliphatic hydroxyl groups is 2. The minimum Gasteiger partial charge on any atom is -0.389 e. The molecule has 1 saturated heterocycles. The molecule has 0 spiro atoms. The average molecular weight is 265 g/mol. The quantitative estimate of drug-likeness (QED) is 0.310. The topological polar surface area (TPSA) is 98.8 Å². The molecular weight excluding hydrogens is 246 g/mol. The number of hydrogen-bond donors (Lipinski definition) is 4. The van der Waals surface area contributed by atoms with Crippen LogP contribution in [0.15, 0.2) is 24.3 Å². The molecule has 6 heteroatoms. The van der Waals surface area contributed by atoms with E-state index in [4.69, 9.17) is 5.84 Å². The standard InChI is InChI=1S/C13H19N3O3/c14-15-13(19)5-9-3-1-2-4-10(9)6-16-7-11(17)12(18)8-16/h1-4,11-12,17-18H,5-8,14H2,(H,15,19). The van der Waals surface area contributed by atoms with Crippen molar-refractivity contribution < 1.29 is 15.0 Å². The molecule has 1 aromatic rings. The first-order valence-electron chi connectivity index (χ1n) is 6.25. The van der Waals surface area contributed by atoms with E-state index in [0.29, 0.717) is 19.6 Å². The van der Waals surface area contributed by atoms with Gasteiger partial charge in [0.15, 0.2) is 0 Å². The van der Waals surface area contributed by atoms with Gasteiger partial charge in [0.05, 0.1) is 18.6 Å². The molecule has 1 amide bonds. The van der Waals surface area contributed by atoms with Crippen molar-refractivity contribution in [1.29, 1.82) is 0 Å². The number of amides is 1. The maximum atomic E-state index is 11.3. The Kier molecular flexibility index (Phi) is 4.49. The van der Waals surface area contributed by atoms with Crippen LogP contribution in [0.1, 0.15) is 11.1 Å². The summed E-state index contributed by atoms with van der Waals surface area (Å²) in [5.74, 6) is 4.85. The number of hydrogen-bond acceptors (Lipinski definition) is 5. The molecule has 19 heavy (non-hydrogen) atoms. The monoisotopic (exact) mass is 265 g/mol. The van der Waals surface area contributed by atoms with Crippen LogP contribution in [0.25, 0.3) is 0 Å². The lowest BCUT2D eigenvalue weighted by atomic mass is 10.0. The fraction of sp³-hybridized carbons (Fsp3) is 0.462. The van der Waals surface area contributed by atoms with Crippen LogP contribution in [-0.4, -0.2) is 46.3 Å².